The second-order valence-electron chi connectivity index (χ2n) is 3.24. The highest BCUT2D eigenvalue weighted by molar-refractivity contribution is 5.40. The van der Waals surface area contributed by atoms with Crippen molar-refractivity contribution in [3.05, 3.63) is 12.0 Å². The quantitative estimate of drug-likeness (QED) is 0.759. The molecule has 0 atom stereocenters. The van der Waals surface area contributed by atoms with E-state index in [1.165, 1.54) is 6.20 Å². The first-order valence-corrected chi connectivity index (χ1v) is 5.28. The lowest BCUT2D eigenvalue weighted by molar-refractivity contribution is 0.617. The zero-order valence-corrected chi connectivity index (χ0v) is 9.18. The summed E-state index contributed by atoms with van der Waals surface area (Å²) in [5.41, 5.74) is 0. The molecule has 0 bridgehead atoms. The number of rotatable bonds is 6. The van der Waals surface area contributed by atoms with Crippen LogP contribution in [0.1, 0.15) is 26.7 Å². The number of hydrogen-bond donors (Lipinski definition) is 2. The average molecular weight is 212 g/mol. The Labute approximate surface area is 89.3 Å². The smallest absolute Gasteiger partial charge is 0.224 e. The van der Waals surface area contributed by atoms with Crippen LogP contribution in [0.5, 0.6) is 0 Å². The lowest BCUT2D eigenvalue weighted by Gasteiger charge is -2.07. The Morgan fingerprint density at radius 3 is 2.53 bits per heavy atom. The van der Waals surface area contributed by atoms with Crippen LogP contribution in [-0.2, 0) is 0 Å². The third kappa shape index (κ3) is 3.69. The minimum atomic E-state index is -0.412. The van der Waals surface area contributed by atoms with E-state index < -0.39 is 5.82 Å². The predicted molar refractivity (Wildman–Crippen MR) is 59.6 cm³/mol. The first kappa shape index (κ1) is 11.7. The van der Waals surface area contributed by atoms with Crippen LogP contribution in [0.4, 0.5) is 16.2 Å². The second-order valence-corrected chi connectivity index (χ2v) is 3.24. The van der Waals surface area contributed by atoms with Gasteiger partial charge < -0.3 is 10.6 Å². The van der Waals surface area contributed by atoms with Crippen LogP contribution in [-0.4, -0.2) is 23.1 Å². The first-order valence-electron chi connectivity index (χ1n) is 5.28. The molecule has 0 unspecified atom stereocenters. The number of aromatic nitrogens is 2. The maximum Gasteiger partial charge on any atom is 0.224 e. The van der Waals surface area contributed by atoms with Crippen molar-refractivity contribution >= 4 is 11.8 Å². The highest BCUT2D eigenvalue weighted by Gasteiger charge is 2.05. The van der Waals surface area contributed by atoms with Crippen LogP contribution < -0.4 is 10.6 Å². The monoisotopic (exact) mass is 212 g/mol. The molecule has 0 aromatic carbocycles. The largest absolute Gasteiger partial charge is 0.367 e. The van der Waals surface area contributed by atoms with E-state index >= 15 is 0 Å². The zero-order valence-electron chi connectivity index (χ0n) is 9.18. The van der Waals surface area contributed by atoms with Crippen LogP contribution in [0.25, 0.3) is 0 Å². The molecule has 0 aliphatic heterocycles. The summed E-state index contributed by atoms with van der Waals surface area (Å²) in [5.74, 6) is 0.327. The third-order valence-electron chi connectivity index (χ3n) is 1.82. The molecule has 1 aromatic heterocycles. The Bertz CT molecular complexity index is 303. The van der Waals surface area contributed by atoms with Crippen LogP contribution in [0.15, 0.2) is 6.20 Å². The van der Waals surface area contributed by atoms with Crippen molar-refractivity contribution in [2.75, 3.05) is 23.7 Å². The predicted octanol–water partition coefficient (Wildman–Crippen LogP) is 2.26. The van der Waals surface area contributed by atoms with Gasteiger partial charge in [-0.25, -0.2) is 9.37 Å². The Balaban J connectivity index is 2.66. The number of anilines is 2. The fourth-order valence-electron chi connectivity index (χ4n) is 1.06. The SMILES string of the molecule is CCCNc1ncc(F)c(NCCC)n1. The maximum absolute atomic E-state index is 13.2. The van der Waals surface area contributed by atoms with Crippen LogP contribution >= 0.6 is 0 Å². The molecular weight excluding hydrogens is 195 g/mol. The molecule has 84 valence electrons. The van der Waals surface area contributed by atoms with Gasteiger partial charge in [-0.1, -0.05) is 13.8 Å². The van der Waals surface area contributed by atoms with Crippen molar-refractivity contribution in [1.82, 2.24) is 9.97 Å². The first-order chi connectivity index (χ1) is 7.27. The average Bonchev–Trinajstić information content (AvgIpc) is 2.26. The summed E-state index contributed by atoms with van der Waals surface area (Å²) in [4.78, 5) is 7.89. The molecule has 1 rings (SSSR count). The van der Waals surface area contributed by atoms with Gasteiger partial charge in [0.05, 0.1) is 6.20 Å². The zero-order chi connectivity index (χ0) is 11.1. The van der Waals surface area contributed by atoms with Gasteiger partial charge in [0.15, 0.2) is 11.6 Å². The van der Waals surface area contributed by atoms with Crippen LogP contribution in [0.2, 0.25) is 0 Å². The minimum Gasteiger partial charge on any atom is -0.367 e. The summed E-state index contributed by atoms with van der Waals surface area (Å²) < 4.78 is 13.2. The molecule has 1 heterocycles. The molecule has 0 radical (unpaired) electrons. The molecular formula is C10H17FN4. The second kappa shape index (κ2) is 6.16. The van der Waals surface area contributed by atoms with Crippen LogP contribution in [0, 0.1) is 5.82 Å². The molecule has 0 amide bonds. The number of hydrogen-bond acceptors (Lipinski definition) is 4. The molecule has 0 saturated carbocycles. The van der Waals surface area contributed by atoms with Gasteiger partial charge in [0.25, 0.3) is 0 Å². The molecule has 0 spiro atoms. The highest BCUT2D eigenvalue weighted by atomic mass is 19.1. The standard InChI is InChI=1S/C10H17FN4/c1-3-5-12-9-8(11)7-14-10(15-9)13-6-4-2/h7H,3-6H2,1-2H3,(H2,12,13,14,15). The van der Waals surface area contributed by atoms with E-state index in [2.05, 4.69) is 20.6 Å². The molecule has 0 aliphatic rings. The summed E-state index contributed by atoms with van der Waals surface area (Å²) in [6.07, 6.45) is 3.10. The summed E-state index contributed by atoms with van der Waals surface area (Å²) >= 11 is 0. The number of nitrogens with zero attached hydrogens (tertiary/aromatic N) is 2. The molecule has 0 fully saturated rings. The van der Waals surface area contributed by atoms with E-state index in [9.17, 15) is 4.39 Å². The lowest BCUT2D eigenvalue weighted by atomic mass is 10.4. The van der Waals surface area contributed by atoms with E-state index in [1.807, 2.05) is 13.8 Å². The number of halogens is 1. The molecule has 15 heavy (non-hydrogen) atoms. The minimum absolute atomic E-state index is 0.269. The molecule has 0 saturated heterocycles. The molecule has 1 aromatic rings. The van der Waals surface area contributed by atoms with E-state index in [-0.39, 0.29) is 5.82 Å². The maximum atomic E-state index is 13.2. The van der Waals surface area contributed by atoms with Gasteiger partial charge in [-0.3, -0.25) is 0 Å². The van der Waals surface area contributed by atoms with Gasteiger partial charge >= 0.3 is 0 Å². The Morgan fingerprint density at radius 2 is 1.87 bits per heavy atom. The Kier molecular flexibility index (Phi) is 4.80. The van der Waals surface area contributed by atoms with Gasteiger partial charge in [0.1, 0.15) is 0 Å². The Hall–Kier alpha value is -1.39. The topological polar surface area (TPSA) is 49.8 Å². The van der Waals surface area contributed by atoms with E-state index in [0.717, 1.165) is 19.4 Å². The number of nitrogens with one attached hydrogen (secondary N) is 2. The van der Waals surface area contributed by atoms with E-state index in [0.29, 0.717) is 12.5 Å². The van der Waals surface area contributed by atoms with Crippen molar-refractivity contribution in [3.8, 4) is 0 Å². The summed E-state index contributed by atoms with van der Waals surface area (Å²) in [6.45, 7) is 5.56. The fraction of sp³-hybridized carbons (Fsp3) is 0.600. The van der Waals surface area contributed by atoms with Gasteiger partial charge in [0, 0.05) is 13.1 Å². The fourth-order valence-corrected chi connectivity index (χ4v) is 1.06. The van der Waals surface area contributed by atoms with Gasteiger partial charge in [0.2, 0.25) is 5.95 Å². The lowest BCUT2D eigenvalue weighted by Crippen LogP contribution is -2.09. The van der Waals surface area contributed by atoms with Crippen molar-refractivity contribution in [3.63, 3.8) is 0 Å². The van der Waals surface area contributed by atoms with E-state index in [4.69, 9.17) is 0 Å². The Morgan fingerprint density at radius 1 is 1.20 bits per heavy atom. The summed E-state index contributed by atoms with van der Waals surface area (Å²) in [7, 11) is 0. The van der Waals surface area contributed by atoms with Gasteiger partial charge in [-0.2, -0.15) is 4.98 Å². The summed E-state index contributed by atoms with van der Waals surface area (Å²) in [5, 5.41) is 5.92. The normalized spacial score (nSPS) is 10.1. The van der Waals surface area contributed by atoms with Crippen molar-refractivity contribution in [2.24, 2.45) is 0 Å². The molecule has 2 N–H and O–H groups in total. The van der Waals surface area contributed by atoms with Crippen molar-refractivity contribution in [2.45, 2.75) is 26.7 Å². The van der Waals surface area contributed by atoms with Gasteiger partial charge in [-0.15, -0.1) is 0 Å². The van der Waals surface area contributed by atoms with E-state index in [1.54, 1.807) is 0 Å². The summed E-state index contributed by atoms with van der Waals surface area (Å²) in [6, 6.07) is 0. The highest BCUT2D eigenvalue weighted by Crippen LogP contribution is 2.11. The molecule has 4 nitrogen and oxygen atoms in total. The van der Waals surface area contributed by atoms with Gasteiger partial charge in [-0.05, 0) is 12.8 Å². The molecule has 5 heteroatoms. The van der Waals surface area contributed by atoms with Crippen molar-refractivity contribution < 1.29 is 4.39 Å². The molecule has 0 aliphatic carbocycles. The van der Waals surface area contributed by atoms with Crippen molar-refractivity contribution in [1.29, 1.82) is 0 Å². The third-order valence-corrected chi connectivity index (χ3v) is 1.82. The van der Waals surface area contributed by atoms with Crippen LogP contribution in [0.3, 0.4) is 0 Å².